The lowest BCUT2D eigenvalue weighted by Crippen LogP contribution is -2.25. The van der Waals surface area contributed by atoms with Crippen LogP contribution in [0.5, 0.6) is 0 Å². The first-order valence-electron chi connectivity index (χ1n) is 4.81. The fourth-order valence-corrected chi connectivity index (χ4v) is 2.27. The maximum absolute atomic E-state index is 6.13. The van der Waals surface area contributed by atoms with Crippen LogP contribution < -0.4 is 5.73 Å². The molecule has 2 heterocycles. The number of halogens is 1. The minimum atomic E-state index is 0.0336. The van der Waals surface area contributed by atoms with Gasteiger partial charge in [0.1, 0.15) is 10.4 Å². The fraction of sp³-hybridized carbons (Fsp3) is 0.667. The van der Waals surface area contributed by atoms with Crippen molar-refractivity contribution >= 4 is 15.9 Å². The van der Waals surface area contributed by atoms with Gasteiger partial charge in [-0.05, 0) is 41.9 Å². The number of hydrogen-bond acceptors (Lipinski definition) is 3. The number of H-pyrrole nitrogens is 1. The van der Waals surface area contributed by atoms with E-state index in [1.54, 1.807) is 6.20 Å². The molecule has 2 rings (SSSR count). The van der Waals surface area contributed by atoms with Gasteiger partial charge in [-0.15, -0.1) is 0 Å². The molecule has 3 N–H and O–H groups in total. The Morgan fingerprint density at radius 2 is 2.57 bits per heavy atom. The number of imidazole rings is 1. The molecular weight excluding hydrogens is 244 g/mol. The standard InChI is InChI=1S/C9H15BrN4/c1-14-3-2-6(5-14)8(11)9-12-4-7(10)13-9/h4,6,8H,2-3,5,11H2,1H3,(H,12,13). The van der Waals surface area contributed by atoms with Gasteiger partial charge in [0.25, 0.3) is 0 Å². The van der Waals surface area contributed by atoms with Gasteiger partial charge in [0.15, 0.2) is 0 Å². The van der Waals surface area contributed by atoms with Crippen LogP contribution in [0.1, 0.15) is 18.3 Å². The Morgan fingerprint density at radius 3 is 3.07 bits per heavy atom. The van der Waals surface area contributed by atoms with Crippen molar-refractivity contribution in [2.75, 3.05) is 20.1 Å². The number of aromatic nitrogens is 2. The molecule has 1 aromatic heterocycles. The van der Waals surface area contributed by atoms with E-state index in [1.807, 2.05) is 0 Å². The predicted octanol–water partition coefficient (Wildman–Crippen LogP) is 1.12. The molecule has 1 aliphatic rings. The molecule has 1 fully saturated rings. The van der Waals surface area contributed by atoms with E-state index in [2.05, 4.69) is 37.8 Å². The zero-order chi connectivity index (χ0) is 10.1. The van der Waals surface area contributed by atoms with Crippen LogP contribution in [-0.4, -0.2) is 35.0 Å². The molecule has 1 saturated heterocycles. The number of hydrogen-bond donors (Lipinski definition) is 2. The van der Waals surface area contributed by atoms with E-state index in [9.17, 15) is 0 Å². The third kappa shape index (κ3) is 1.99. The van der Waals surface area contributed by atoms with Gasteiger partial charge in [0.2, 0.25) is 0 Å². The summed E-state index contributed by atoms with van der Waals surface area (Å²) in [6, 6.07) is 0.0336. The first kappa shape index (κ1) is 10.1. The van der Waals surface area contributed by atoms with Crippen LogP contribution in [0.15, 0.2) is 10.8 Å². The number of nitrogens with zero attached hydrogens (tertiary/aromatic N) is 2. The second-order valence-corrected chi connectivity index (χ2v) is 4.81. The lowest BCUT2D eigenvalue weighted by molar-refractivity contribution is 0.368. The van der Waals surface area contributed by atoms with Crippen molar-refractivity contribution in [3.05, 3.63) is 16.6 Å². The highest BCUT2D eigenvalue weighted by Gasteiger charge is 2.27. The summed E-state index contributed by atoms with van der Waals surface area (Å²) in [5, 5.41) is 0. The summed E-state index contributed by atoms with van der Waals surface area (Å²) in [5.74, 6) is 1.41. The summed E-state index contributed by atoms with van der Waals surface area (Å²) < 4.78 is 0.898. The Labute approximate surface area is 92.0 Å². The molecule has 1 aromatic rings. The molecule has 78 valence electrons. The summed E-state index contributed by atoms with van der Waals surface area (Å²) in [6.45, 7) is 2.21. The van der Waals surface area contributed by atoms with Gasteiger partial charge in [-0.2, -0.15) is 0 Å². The van der Waals surface area contributed by atoms with Crippen molar-refractivity contribution in [2.45, 2.75) is 12.5 Å². The van der Waals surface area contributed by atoms with Gasteiger partial charge in [-0.1, -0.05) is 0 Å². The van der Waals surface area contributed by atoms with E-state index in [1.165, 1.54) is 0 Å². The van der Waals surface area contributed by atoms with Crippen molar-refractivity contribution in [2.24, 2.45) is 11.7 Å². The Hall–Kier alpha value is -0.390. The number of likely N-dealkylation sites (tertiary alicyclic amines) is 1. The molecule has 0 amide bonds. The van der Waals surface area contributed by atoms with E-state index in [-0.39, 0.29) is 6.04 Å². The molecule has 2 atom stereocenters. The molecule has 0 aromatic carbocycles. The van der Waals surface area contributed by atoms with Crippen molar-refractivity contribution in [3.8, 4) is 0 Å². The molecule has 0 aliphatic carbocycles. The molecule has 1 aliphatic heterocycles. The first-order chi connectivity index (χ1) is 6.66. The molecule has 14 heavy (non-hydrogen) atoms. The van der Waals surface area contributed by atoms with Crippen LogP contribution >= 0.6 is 15.9 Å². The maximum atomic E-state index is 6.13. The Bertz CT molecular complexity index is 312. The minimum Gasteiger partial charge on any atom is -0.335 e. The quantitative estimate of drug-likeness (QED) is 0.836. The number of rotatable bonds is 2. The monoisotopic (exact) mass is 258 g/mol. The number of aromatic amines is 1. The van der Waals surface area contributed by atoms with Crippen LogP contribution in [0.2, 0.25) is 0 Å². The van der Waals surface area contributed by atoms with Crippen LogP contribution in [0, 0.1) is 5.92 Å². The second-order valence-electron chi connectivity index (χ2n) is 3.95. The zero-order valence-corrected chi connectivity index (χ0v) is 9.79. The van der Waals surface area contributed by atoms with Crippen LogP contribution in [-0.2, 0) is 0 Å². The number of nitrogens with one attached hydrogen (secondary N) is 1. The third-order valence-corrected chi connectivity index (χ3v) is 3.22. The van der Waals surface area contributed by atoms with Crippen molar-refractivity contribution < 1.29 is 0 Å². The second kappa shape index (κ2) is 4.00. The highest BCUT2D eigenvalue weighted by molar-refractivity contribution is 9.10. The average Bonchev–Trinajstić information content (AvgIpc) is 2.73. The topological polar surface area (TPSA) is 57.9 Å². The molecule has 0 saturated carbocycles. The van der Waals surface area contributed by atoms with Gasteiger partial charge < -0.3 is 15.6 Å². The van der Waals surface area contributed by atoms with E-state index in [0.29, 0.717) is 5.92 Å². The van der Waals surface area contributed by atoms with Gasteiger partial charge in [0, 0.05) is 6.54 Å². The summed E-state index contributed by atoms with van der Waals surface area (Å²) >= 11 is 3.34. The first-order valence-corrected chi connectivity index (χ1v) is 5.60. The highest BCUT2D eigenvalue weighted by Crippen LogP contribution is 2.26. The van der Waals surface area contributed by atoms with Crippen molar-refractivity contribution in [1.82, 2.24) is 14.9 Å². The summed E-state index contributed by atoms with van der Waals surface area (Å²) in [6.07, 6.45) is 2.92. The highest BCUT2D eigenvalue weighted by atomic mass is 79.9. The van der Waals surface area contributed by atoms with Gasteiger partial charge >= 0.3 is 0 Å². The van der Waals surface area contributed by atoms with E-state index in [4.69, 9.17) is 5.73 Å². The van der Waals surface area contributed by atoms with E-state index in [0.717, 1.165) is 29.9 Å². The Kier molecular flexibility index (Phi) is 2.90. The SMILES string of the molecule is CN1CCC(C(N)c2ncc(Br)[nH]2)C1. The van der Waals surface area contributed by atoms with Crippen LogP contribution in [0.3, 0.4) is 0 Å². The molecule has 0 radical (unpaired) electrons. The van der Waals surface area contributed by atoms with Crippen LogP contribution in [0.4, 0.5) is 0 Å². The minimum absolute atomic E-state index is 0.0336. The maximum Gasteiger partial charge on any atom is 0.124 e. The molecule has 2 unspecified atom stereocenters. The lowest BCUT2D eigenvalue weighted by Gasteiger charge is -2.16. The largest absolute Gasteiger partial charge is 0.335 e. The van der Waals surface area contributed by atoms with E-state index >= 15 is 0 Å². The van der Waals surface area contributed by atoms with Crippen molar-refractivity contribution in [1.29, 1.82) is 0 Å². The predicted molar refractivity (Wildman–Crippen MR) is 58.8 cm³/mol. The van der Waals surface area contributed by atoms with Gasteiger partial charge in [0.05, 0.1) is 12.2 Å². The molecule has 0 bridgehead atoms. The Balaban J connectivity index is 2.05. The summed E-state index contributed by atoms with van der Waals surface area (Å²) in [5.41, 5.74) is 6.13. The summed E-state index contributed by atoms with van der Waals surface area (Å²) in [7, 11) is 2.13. The van der Waals surface area contributed by atoms with Crippen LogP contribution in [0.25, 0.3) is 0 Å². The molecule has 5 heteroatoms. The van der Waals surface area contributed by atoms with Gasteiger partial charge in [-0.25, -0.2) is 4.98 Å². The smallest absolute Gasteiger partial charge is 0.124 e. The van der Waals surface area contributed by atoms with Crippen molar-refractivity contribution in [3.63, 3.8) is 0 Å². The molecule has 4 nitrogen and oxygen atoms in total. The molecular formula is C9H15BrN4. The average molecular weight is 259 g/mol. The zero-order valence-electron chi connectivity index (χ0n) is 8.20. The normalized spacial score (nSPS) is 25.5. The van der Waals surface area contributed by atoms with Gasteiger partial charge in [-0.3, -0.25) is 0 Å². The summed E-state index contributed by atoms with van der Waals surface area (Å²) in [4.78, 5) is 9.68. The Morgan fingerprint density at radius 1 is 1.79 bits per heavy atom. The molecule has 0 spiro atoms. The number of nitrogens with two attached hydrogens (primary N) is 1. The van der Waals surface area contributed by atoms with E-state index < -0.39 is 0 Å². The fourth-order valence-electron chi connectivity index (χ4n) is 1.97. The lowest BCUT2D eigenvalue weighted by atomic mass is 9.99. The third-order valence-electron chi connectivity index (χ3n) is 2.82.